The lowest BCUT2D eigenvalue weighted by atomic mass is 9.84. The van der Waals surface area contributed by atoms with Crippen LogP contribution >= 0.6 is 31.9 Å². The minimum atomic E-state index is -1.30. The second kappa shape index (κ2) is 4.66. The van der Waals surface area contributed by atoms with Crippen LogP contribution in [0.25, 0.3) is 0 Å². The average Bonchev–Trinajstić information content (AvgIpc) is 2.52. The van der Waals surface area contributed by atoms with E-state index >= 15 is 0 Å². The maximum atomic E-state index is 12.1. The zero-order valence-electron chi connectivity index (χ0n) is 9.84. The van der Waals surface area contributed by atoms with Crippen LogP contribution in [0, 0.1) is 0 Å². The predicted molar refractivity (Wildman–Crippen MR) is 74.5 cm³/mol. The lowest BCUT2D eigenvalue weighted by Crippen LogP contribution is -2.41. The number of ether oxygens (including phenoxy) is 1. The molecular weight excluding hydrogens is 366 g/mol. The minimum absolute atomic E-state index is 0.241. The van der Waals surface area contributed by atoms with Crippen LogP contribution in [-0.4, -0.2) is 18.5 Å². The number of halogens is 2. The first kappa shape index (κ1) is 13.5. The van der Waals surface area contributed by atoms with E-state index in [1.54, 1.807) is 26.0 Å². The van der Waals surface area contributed by atoms with Gasteiger partial charge in [-0.2, -0.15) is 0 Å². The van der Waals surface area contributed by atoms with Crippen molar-refractivity contribution < 1.29 is 14.3 Å². The van der Waals surface area contributed by atoms with Gasteiger partial charge < -0.3 is 10.1 Å². The topological polar surface area (TPSA) is 55.4 Å². The highest BCUT2D eigenvalue weighted by molar-refractivity contribution is 9.11. The minimum Gasteiger partial charge on any atom is -0.465 e. The number of benzene rings is 1. The monoisotopic (exact) mass is 375 g/mol. The summed E-state index contributed by atoms with van der Waals surface area (Å²) < 4.78 is 6.53. The Bertz CT molecular complexity index is 544. The van der Waals surface area contributed by atoms with Crippen molar-refractivity contribution in [1.29, 1.82) is 0 Å². The van der Waals surface area contributed by atoms with Crippen molar-refractivity contribution in [2.24, 2.45) is 0 Å². The molecule has 1 unspecified atom stereocenters. The number of hydrogen-bond donors (Lipinski definition) is 1. The van der Waals surface area contributed by atoms with Crippen LogP contribution < -0.4 is 5.32 Å². The van der Waals surface area contributed by atoms with E-state index in [9.17, 15) is 9.59 Å². The Hall–Kier alpha value is -0.880. The van der Waals surface area contributed by atoms with Gasteiger partial charge in [-0.05, 0) is 26.0 Å². The van der Waals surface area contributed by atoms with Crippen molar-refractivity contribution in [3.8, 4) is 0 Å². The summed E-state index contributed by atoms with van der Waals surface area (Å²) in [5.41, 5.74) is -0.0591. The molecule has 0 spiro atoms. The lowest BCUT2D eigenvalue weighted by molar-refractivity contribution is -0.152. The summed E-state index contributed by atoms with van der Waals surface area (Å²) in [7, 11) is 0. The van der Waals surface area contributed by atoms with Crippen molar-refractivity contribution >= 4 is 49.4 Å². The van der Waals surface area contributed by atoms with E-state index in [0.29, 0.717) is 15.7 Å². The van der Waals surface area contributed by atoms with Crippen LogP contribution in [0.15, 0.2) is 21.1 Å². The number of carbonyl (C=O) groups is 2. The van der Waals surface area contributed by atoms with E-state index in [1.165, 1.54) is 0 Å². The third kappa shape index (κ3) is 1.87. The molecule has 1 aliphatic heterocycles. The summed E-state index contributed by atoms with van der Waals surface area (Å²) in [4.78, 5) is 24.1. The van der Waals surface area contributed by atoms with E-state index in [0.717, 1.165) is 4.47 Å². The normalized spacial score (nSPS) is 21.4. The van der Waals surface area contributed by atoms with Gasteiger partial charge in [-0.1, -0.05) is 31.9 Å². The molecule has 1 aromatic carbocycles. The molecular formula is C12H11Br2NO3. The fourth-order valence-electron chi connectivity index (χ4n) is 2.01. The maximum absolute atomic E-state index is 12.1. The SMILES string of the molecule is CCOC(=O)C1(C)C(=O)Nc2cc(Br)cc(Br)c21. The summed E-state index contributed by atoms with van der Waals surface area (Å²) in [6.45, 7) is 3.53. The molecule has 0 aromatic heterocycles. The van der Waals surface area contributed by atoms with Gasteiger partial charge in [0.15, 0.2) is 5.41 Å². The molecule has 0 saturated carbocycles. The van der Waals surface area contributed by atoms with Gasteiger partial charge in [-0.15, -0.1) is 0 Å². The molecule has 1 amide bonds. The van der Waals surface area contributed by atoms with Gasteiger partial charge in [0.05, 0.1) is 6.61 Å². The second-order valence-electron chi connectivity index (χ2n) is 4.11. The highest BCUT2D eigenvalue weighted by atomic mass is 79.9. The molecule has 0 aliphatic carbocycles. The van der Waals surface area contributed by atoms with Crippen LogP contribution in [0.1, 0.15) is 19.4 Å². The van der Waals surface area contributed by atoms with Crippen LogP contribution in [0.3, 0.4) is 0 Å². The molecule has 1 aliphatic rings. The molecule has 0 fully saturated rings. The van der Waals surface area contributed by atoms with Crippen LogP contribution in [-0.2, 0) is 19.7 Å². The zero-order chi connectivity index (χ0) is 13.5. The molecule has 18 heavy (non-hydrogen) atoms. The molecule has 0 bridgehead atoms. The molecule has 2 rings (SSSR count). The first-order valence-corrected chi connectivity index (χ1v) is 6.98. The van der Waals surface area contributed by atoms with Crippen LogP contribution in [0.4, 0.5) is 5.69 Å². The molecule has 1 heterocycles. The number of hydrogen-bond acceptors (Lipinski definition) is 3. The van der Waals surface area contributed by atoms with Gasteiger partial charge in [-0.25, -0.2) is 0 Å². The number of fused-ring (bicyclic) bond motifs is 1. The lowest BCUT2D eigenvalue weighted by Gasteiger charge is -2.20. The van der Waals surface area contributed by atoms with E-state index in [4.69, 9.17) is 4.74 Å². The molecule has 0 saturated heterocycles. The van der Waals surface area contributed by atoms with Gasteiger partial charge in [0.2, 0.25) is 5.91 Å². The number of esters is 1. The largest absolute Gasteiger partial charge is 0.465 e. The van der Waals surface area contributed by atoms with Gasteiger partial charge in [0, 0.05) is 20.2 Å². The summed E-state index contributed by atoms with van der Waals surface area (Å²) in [6.07, 6.45) is 0. The molecule has 96 valence electrons. The van der Waals surface area contributed by atoms with E-state index in [-0.39, 0.29) is 12.5 Å². The standard InChI is InChI=1S/C12H11Br2NO3/c1-3-18-11(17)12(2)9-7(14)4-6(13)5-8(9)15-10(12)16/h4-5H,3H2,1-2H3,(H,15,16). The highest BCUT2D eigenvalue weighted by Crippen LogP contribution is 2.44. The number of rotatable bonds is 2. The Morgan fingerprint density at radius 1 is 1.44 bits per heavy atom. The quantitative estimate of drug-likeness (QED) is 0.637. The van der Waals surface area contributed by atoms with Crippen LogP contribution in [0.2, 0.25) is 0 Å². The molecule has 0 radical (unpaired) electrons. The number of amides is 1. The van der Waals surface area contributed by atoms with Crippen molar-refractivity contribution in [1.82, 2.24) is 0 Å². The van der Waals surface area contributed by atoms with Crippen molar-refractivity contribution in [2.75, 3.05) is 11.9 Å². The highest BCUT2D eigenvalue weighted by Gasteiger charge is 2.51. The summed E-state index contributed by atoms with van der Waals surface area (Å²) in [5.74, 6) is -0.904. The van der Waals surface area contributed by atoms with Gasteiger partial charge >= 0.3 is 5.97 Å². The van der Waals surface area contributed by atoms with Gasteiger partial charge in [0.1, 0.15) is 0 Å². The first-order chi connectivity index (χ1) is 8.41. The fraction of sp³-hybridized carbons (Fsp3) is 0.333. The Morgan fingerprint density at radius 2 is 2.11 bits per heavy atom. The molecule has 1 atom stereocenters. The summed E-state index contributed by atoms with van der Waals surface area (Å²) in [5, 5.41) is 2.71. The number of carbonyl (C=O) groups excluding carboxylic acids is 2. The smallest absolute Gasteiger partial charge is 0.326 e. The van der Waals surface area contributed by atoms with Crippen LogP contribution in [0.5, 0.6) is 0 Å². The molecule has 4 nitrogen and oxygen atoms in total. The fourth-order valence-corrected chi connectivity index (χ4v) is 3.63. The van der Waals surface area contributed by atoms with Gasteiger partial charge in [0.25, 0.3) is 0 Å². The maximum Gasteiger partial charge on any atom is 0.326 e. The molecule has 1 N–H and O–H groups in total. The second-order valence-corrected chi connectivity index (χ2v) is 5.88. The van der Waals surface area contributed by atoms with Crippen molar-refractivity contribution in [3.05, 3.63) is 26.6 Å². The third-order valence-corrected chi connectivity index (χ3v) is 4.02. The third-order valence-electron chi connectivity index (χ3n) is 2.94. The summed E-state index contributed by atoms with van der Waals surface area (Å²) >= 11 is 6.73. The number of nitrogens with one attached hydrogen (secondary N) is 1. The number of anilines is 1. The Labute approximate surface area is 121 Å². The first-order valence-electron chi connectivity index (χ1n) is 5.39. The average molecular weight is 377 g/mol. The Balaban J connectivity index is 2.60. The summed E-state index contributed by atoms with van der Waals surface area (Å²) in [6, 6.07) is 3.57. The van der Waals surface area contributed by atoms with Crippen molar-refractivity contribution in [3.63, 3.8) is 0 Å². The van der Waals surface area contributed by atoms with Crippen molar-refractivity contribution in [2.45, 2.75) is 19.3 Å². The molecule has 1 aromatic rings. The zero-order valence-corrected chi connectivity index (χ0v) is 13.0. The predicted octanol–water partition coefficient (Wildman–Crippen LogP) is 2.98. The Morgan fingerprint density at radius 3 is 2.72 bits per heavy atom. The van der Waals surface area contributed by atoms with Gasteiger partial charge in [-0.3, -0.25) is 9.59 Å². The molecule has 6 heteroatoms. The Kier molecular flexibility index (Phi) is 3.51. The van der Waals surface area contributed by atoms with E-state index in [1.807, 2.05) is 0 Å². The van der Waals surface area contributed by atoms with E-state index < -0.39 is 11.4 Å². The van der Waals surface area contributed by atoms with E-state index in [2.05, 4.69) is 37.2 Å².